The zero-order valence-corrected chi connectivity index (χ0v) is 12.9. The Morgan fingerprint density at radius 2 is 2.04 bits per heavy atom. The van der Waals surface area contributed by atoms with Crippen LogP contribution in [0.3, 0.4) is 0 Å². The summed E-state index contributed by atoms with van der Waals surface area (Å²) in [6.45, 7) is 0.569. The van der Waals surface area contributed by atoms with E-state index in [0.717, 1.165) is 12.1 Å². The summed E-state index contributed by atoms with van der Waals surface area (Å²) >= 11 is 5.84. The molecule has 0 bridgehead atoms. The topological polar surface area (TPSA) is 85.2 Å². The highest BCUT2D eigenvalue weighted by molar-refractivity contribution is 6.30. The molecule has 0 spiro atoms. The molecule has 120 valence electrons. The second-order valence-electron chi connectivity index (χ2n) is 5.10. The van der Waals surface area contributed by atoms with E-state index in [-0.39, 0.29) is 5.91 Å². The second-order valence-corrected chi connectivity index (χ2v) is 5.53. The van der Waals surface area contributed by atoms with E-state index in [2.05, 4.69) is 16.0 Å². The smallest absolute Gasteiger partial charge is 0.272 e. The Morgan fingerprint density at radius 3 is 2.74 bits per heavy atom. The molecule has 1 aromatic heterocycles. The summed E-state index contributed by atoms with van der Waals surface area (Å²) in [7, 11) is 0. The highest BCUT2D eigenvalue weighted by Crippen LogP contribution is 2.13. The van der Waals surface area contributed by atoms with Gasteiger partial charge < -0.3 is 4.74 Å². The van der Waals surface area contributed by atoms with Crippen molar-refractivity contribution < 1.29 is 14.3 Å². The van der Waals surface area contributed by atoms with E-state index in [1.54, 1.807) is 35.1 Å². The van der Waals surface area contributed by atoms with Crippen LogP contribution in [0.15, 0.2) is 36.7 Å². The fraction of sp³-hybridized carbons (Fsp3) is 0.267. The van der Waals surface area contributed by atoms with Gasteiger partial charge in [0.15, 0.2) is 0 Å². The first-order chi connectivity index (χ1) is 11.1. The summed E-state index contributed by atoms with van der Waals surface area (Å²) in [5.74, 6) is -0.794. The van der Waals surface area contributed by atoms with E-state index in [0.29, 0.717) is 23.6 Å². The number of benzene rings is 1. The molecule has 7 nitrogen and oxygen atoms in total. The Labute approximate surface area is 137 Å². The van der Waals surface area contributed by atoms with Gasteiger partial charge >= 0.3 is 0 Å². The number of aromatic nitrogens is 2. The summed E-state index contributed by atoms with van der Waals surface area (Å²) in [5, 5.41) is 4.74. The van der Waals surface area contributed by atoms with Gasteiger partial charge in [0.2, 0.25) is 0 Å². The van der Waals surface area contributed by atoms with E-state index < -0.39 is 12.0 Å². The molecule has 2 heterocycles. The second kappa shape index (κ2) is 6.80. The van der Waals surface area contributed by atoms with Crippen molar-refractivity contribution in [3.8, 4) is 5.69 Å². The largest absolute Gasteiger partial charge is 0.368 e. The summed E-state index contributed by atoms with van der Waals surface area (Å²) < 4.78 is 6.78. The lowest BCUT2D eigenvalue weighted by Gasteiger charge is -2.10. The van der Waals surface area contributed by atoms with Gasteiger partial charge in [-0.2, -0.15) is 5.10 Å². The molecule has 1 fully saturated rings. The first kappa shape index (κ1) is 15.5. The van der Waals surface area contributed by atoms with Crippen LogP contribution in [0.2, 0.25) is 5.02 Å². The lowest BCUT2D eigenvalue weighted by atomic mass is 10.2. The molecule has 1 aliphatic heterocycles. The van der Waals surface area contributed by atoms with Crippen molar-refractivity contribution in [2.45, 2.75) is 18.9 Å². The molecule has 2 N–H and O–H groups in total. The third kappa shape index (κ3) is 3.69. The van der Waals surface area contributed by atoms with Crippen LogP contribution in [-0.4, -0.2) is 34.3 Å². The fourth-order valence-corrected chi connectivity index (χ4v) is 2.36. The molecular weight excluding hydrogens is 320 g/mol. The van der Waals surface area contributed by atoms with Crippen LogP contribution in [-0.2, 0) is 9.53 Å². The normalized spacial score (nSPS) is 17.0. The number of carbonyl (C=O) groups is 2. The molecular formula is C15H15ClN4O3. The number of hydrogen-bond donors (Lipinski definition) is 2. The zero-order chi connectivity index (χ0) is 16.2. The molecule has 1 saturated heterocycles. The van der Waals surface area contributed by atoms with E-state index in [4.69, 9.17) is 16.3 Å². The highest BCUT2D eigenvalue weighted by atomic mass is 35.5. The quantitative estimate of drug-likeness (QED) is 0.832. The average molecular weight is 335 g/mol. The van der Waals surface area contributed by atoms with Crippen LogP contribution < -0.4 is 10.9 Å². The van der Waals surface area contributed by atoms with Gasteiger partial charge in [0.05, 0.1) is 17.4 Å². The predicted octanol–water partition coefficient (Wildman–Crippen LogP) is 1.47. The Bertz CT molecular complexity index is 708. The van der Waals surface area contributed by atoms with E-state index in [1.165, 1.54) is 6.20 Å². The number of hydrogen-bond acceptors (Lipinski definition) is 4. The van der Waals surface area contributed by atoms with Gasteiger partial charge in [0, 0.05) is 17.8 Å². The van der Waals surface area contributed by atoms with Crippen LogP contribution in [0, 0.1) is 0 Å². The van der Waals surface area contributed by atoms with Gasteiger partial charge in [-0.1, -0.05) is 11.6 Å². The minimum Gasteiger partial charge on any atom is -0.368 e. The van der Waals surface area contributed by atoms with Gasteiger partial charge in [-0.3, -0.25) is 20.4 Å². The number of nitrogens with zero attached hydrogens (tertiary/aromatic N) is 2. The van der Waals surface area contributed by atoms with Gasteiger partial charge in [-0.05, 0) is 37.1 Å². The van der Waals surface area contributed by atoms with Crippen LogP contribution in [0.25, 0.3) is 5.69 Å². The average Bonchev–Trinajstić information content (AvgIpc) is 3.24. The van der Waals surface area contributed by atoms with Crippen LogP contribution in [0.5, 0.6) is 0 Å². The third-order valence-electron chi connectivity index (χ3n) is 3.46. The molecule has 1 aromatic carbocycles. The van der Waals surface area contributed by atoms with Crippen molar-refractivity contribution in [2.75, 3.05) is 6.61 Å². The summed E-state index contributed by atoms with van der Waals surface area (Å²) in [4.78, 5) is 23.8. The maximum Gasteiger partial charge on any atom is 0.272 e. The maximum absolute atomic E-state index is 12.0. The van der Waals surface area contributed by atoms with Crippen molar-refractivity contribution in [3.63, 3.8) is 0 Å². The van der Waals surface area contributed by atoms with Crippen LogP contribution in [0.4, 0.5) is 0 Å². The number of ether oxygens (including phenoxy) is 1. The molecule has 0 saturated carbocycles. The number of halogens is 1. The van der Waals surface area contributed by atoms with Gasteiger partial charge in [0.25, 0.3) is 11.8 Å². The number of rotatable bonds is 3. The summed E-state index contributed by atoms with van der Waals surface area (Å²) in [6.07, 6.45) is 4.00. The van der Waals surface area contributed by atoms with Crippen LogP contribution in [0.1, 0.15) is 23.2 Å². The monoisotopic (exact) mass is 334 g/mol. The number of amides is 2. The summed E-state index contributed by atoms with van der Waals surface area (Å²) in [6, 6.07) is 7.05. The Kier molecular flexibility index (Phi) is 4.59. The Hall–Kier alpha value is -2.38. The number of nitrogens with one attached hydrogen (secondary N) is 2. The third-order valence-corrected chi connectivity index (χ3v) is 3.71. The molecule has 23 heavy (non-hydrogen) atoms. The fourth-order valence-electron chi connectivity index (χ4n) is 2.23. The lowest BCUT2D eigenvalue weighted by molar-refractivity contribution is -0.130. The van der Waals surface area contributed by atoms with Crippen molar-refractivity contribution >= 4 is 23.4 Å². The molecule has 1 aliphatic rings. The summed E-state index contributed by atoms with van der Waals surface area (Å²) in [5.41, 5.74) is 5.82. The number of carbonyl (C=O) groups excluding carboxylic acids is 2. The molecule has 8 heteroatoms. The molecule has 3 rings (SSSR count). The van der Waals surface area contributed by atoms with E-state index in [9.17, 15) is 9.59 Å². The van der Waals surface area contributed by atoms with Crippen molar-refractivity contribution in [2.24, 2.45) is 0 Å². The van der Waals surface area contributed by atoms with Crippen molar-refractivity contribution in [1.82, 2.24) is 20.6 Å². The first-order valence-corrected chi connectivity index (χ1v) is 7.54. The van der Waals surface area contributed by atoms with Gasteiger partial charge in [-0.15, -0.1) is 0 Å². The van der Waals surface area contributed by atoms with Crippen LogP contribution >= 0.6 is 11.6 Å². The first-order valence-electron chi connectivity index (χ1n) is 7.16. The zero-order valence-electron chi connectivity index (χ0n) is 12.2. The van der Waals surface area contributed by atoms with E-state index >= 15 is 0 Å². The molecule has 1 atom stereocenters. The Morgan fingerprint density at radius 1 is 1.26 bits per heavy atom. The molecule has 1 unspecified atom stereocenters. The highest BCUT2D eigenvalue weighted by Gasteiger charge is 2.24. The number of hydrazine groups is 1. The minimum atomic E-state index is -0.493. The van der Waals surface area contributed by atoms with E-state index in [1.807, 2.05) is 0 Å². The van der Waals surface area contributed by atoms with Gasteiger partial charge in [0.1, 0.15) is 6.10 Å². The lowest BCUT2D eigenvalue weighted by Crippen LogP contribution is -2.46. The predicted molar refractivity (Wildman–Crippen MR) is 83.2 cm³/mol. The SMILES string of the molecule is O=C(NNC(=O)C1CCCO1)c1cnn(-c2ccc(Cl)cc2)c1. The molecule has 2 aromatic rings. The maximum atomic E-state index is 12.0. The van der Waals surface area contributed by atoms with Gasteiger partial charge in [-0.25, -0.2) is 4.68 Å². The standard InChI is InChI=1S/C15H15ClN4O3/c16-11-3-5-12(6-4-11)20-9-10(8-17-20)14(21)18-19-15(22)13-2-1-7-23-13/h3-6,8-9,13H,1-2,7H2,(H,18,21)(H,19,22). The van der Waals surface area contributed by atoms with Crippen molar-refractivity contribution in [3.05, 3.63) is 47.2 Å². The molecule has 0 aliphatic carbocycles. The molecule has 0 radical (unpaired) electrons. The minimum absolute atomic E-state index is 0.326. The molecule has 2 amide bonds. The Balaban J connectivity index is 1.59. The van der Waals surface area contributed by atoms with Crippen molar-refractivity contribution in [1.29, 1.82) is 0 Å².